The topological polar surface area (TPSA) is 80.4 Å². The fraction of sp³-hybridized carbons (Fsp3) is 0.176. The van der Waals surface area contributed by atoms with Gasteiger partial charge in [-0.15, -0.1) is 0 Å². The van der Waals surface area contributed by atoms with Crippen molar-refractivity contribution in [1.29, 1.82) is 0 Å². The zero-order chi connectivity index (χ0) is 21.8. The summed E-state index contributed by atoms with van der Waals surface area (Å²) in [6.07, 6.45) is -7.19. The Morgan fingerprint density at radius 2 is 1.79 bits per heavy atom. The largest absolute Gasteiger partial charge is 0.471 e. The number of aliphatic imine (C=N–C) groups is 1. The highest BCUT2D eigenvalue weighted by Crippen LogP contribution is 2.30. The Morgan fingerprint density at radius 1 is 1.17 bits per heavy atom. The van der Waals surface area contributed by atoms with E-state index in [1.165, 1.54) is 30.3 Å². The minimum atomic E-state index is -5.10. The van der Waals surface area contributed by atoms with E-state index in [9.17, 15) is 31.1 Å². The van der Waals surface area contributed by atoms with Crippen LogP contribution in [0, 0.1) is 0 Å². The van der Waals surface area contributed by atoms with Crippen molar-refractivity contribution in [3.8, 4) is 11.4 Å². The molecule has 0 atom stereocenters. The molecule has 0 fully saturated rings. The van der Waals surface area contributed by atoms with Gasteiger partial charge in [0.15, 0.2) is 0 Å². The van der Waals surface area contributed by atoms with Gasteiger partial charge in [-0.05, 0) is 30.9 Å². The van der Waals surface area contributed by atoms with Crippen LogP contribution in [-0.4, -0.2) is 28.9 Å². The highest BCUT2D eigenvalue weighted by atomic mass is 19.4. The molecule has 0 unspecified atom stereocenters. The van der Waals surface area contributed by atoms with Gasteiger partial charge in [0.25, 0.3) is 0 Å². The number of aromatic nitrogens is 2. The second-order valence-electron chi connectivity index (χ2n) is 5.38. The van der Waals surface area contributed by atoms with E-state index in [4.69, 9.17) is 0 Å². The molecule has 2 aromatic rings. The summed E-state index contributed by atoms with van der Waals surface area (Å²) in [6, 6.07) is 5.73. The molecule has 0 bridgehead atoms. The van der Waals surface area contributed by atoms with Crippen LogP contribution >= 0.6 is 0 Å². The number of nitrogens with one attached hydrogen (secondary N) is 1. The van der Waals surface area contributed by atoms with Gasteiger partial charge in [-0.2, -0.15) is 31.3 Å². The highest BCUT2D eigenvalue weighted by Gasteiger charge is 2.39. The number of rotatable bonds is 5. The van der Waals surface area contributed by atoms with Crippen LogP contribution in [-0.2, 0) is 11.0 Å². The average molecular weight is 418 g/mol. The van der Waals surface area contributed by atoms with E-state index < -0.39 is 30.0 Å². The van der Waals surface area contributed by atoms with E-state index in [2.05, 4.69) is 26.4 Å². The Kier molecular flexibility index (Phi) is 6.25. The lowest BCUT2D eigenvalue weighted by Gasteiger charge is -2.09. The first-order valence-electron chi connectivity index (χ1n) is 7.70. The maximum atomic E-state index is 12.5. The summed E-state index contributed by atoms with van der Waals surface area (Å²) in [7, 11) is 0. The molecule has 0 aliphatic carbocycles. The van der Waals surface area contributed by atoms with Crippen molar-refractivity contribution in [1.82, 2.24) is 15.5 Å². The van der Waals surface area contributed by atoms with E-state index in [0.717, 1.165) is 6.08 Å². The molecule has 1 amide bonds. The number of nitrogens with zero attached hydrogens (tertiary/aromatic N) is 3. The van der Waals surface area contributed by atoms with Crippen molar-refractivity contribution in [2.24, 2.45) is 4.99 Å². The standard InChI is InChI=1S/C17H12F6N4O2/c1-3-9(8-12(24-2)25-14(28)16(18,19)20)10-4-6-11(7-5-10)13-26-15(29-27-13)17(21,22)23/h3-8H,2H2,1H3,(H,25,28)/b9-3+,12-8+. The number of hydrogen-bond acceptors (Lipinski definition) is 5. The number of allylic oxidation sites excluding steroid dienone is 3. The summed E-state index contributed by atoms with van der Waals surface area (Å²) in [4.78, 5) is 17.6. The summed E-state index contributed by atoms with van der Waals surface area (Å²) in [6.45, 7) is 4.69. The normalized spacial score (nSPS) is 13.3. The number of hydrogen-bond donors (Lipinski definition) is 1. The van der Waals surface area contributed by atoms with Gasteiger partial charge in [0, 0.05) is 5.56 Å². The SMILES string of the molecule is C=N/C(=C\C(=C/C)c1ccc(-c2noc(C(F)(F)F)n2)cc1)NC(=O)C(F)(F)F. The third kappa shape index (κ3) is 5.53. The minimum absolute atomic E-state index is 0.222. The van der Waals surface area contributed by atoms with Gasteiger partial charge in [-0.3, -0.25) is 4.79 Å². The minimum Gasteiger partial charge on any atom is -0.329 e. The molecule has 1 N–H and O–H groups in total. The highest BCUT2D eigenvalue weighted by molar-refractivity contribution is 5.84. The van der Waals surface area contributed by atoms with E-state index in [1.54, 1.807) is 12.2 Å². The number of carbonyl (C=O) groups excluding carboxylic acids is 1. The molecular formula is C17H12F6N4O2. The smallest absolute Gasteiger partial charge is 0.329 e. The fourth-order valence-electron chi connectivity index (χ4n) is 2.06. The first-order chi connectivity index (χ1) is 13.5. The van der Waals surface area contributed by atoms with Gasteiger partial charge in [-0.1, -0.05) is 35.5 Å². The quantitative estimate of drug-likeness (QED) is 0.444. The third-order valence-corrected chi connectivity index (χ3v) is 3.42. The van der Waals surface area contributed by atoms with Crippen LogP contribution in [0.3, 0.4) is 0 Å². The lowest BCUT2D eigenvalue weighted by molar-refractivity contribution is -0.172. The fourth-order valence-corrected chi connectivity index (χ4v) is 2.06. The van der Waals surface area contributed by atoms with Gasteiger partial charge in [0.05, 0.1) is 0 Å². The first-order valence-corrected chi connectivity index (χ1v) is 7.70. The number of alkyl halides is 6. The van der Waals surface area contributed by atoms with Gasteiger partial charge >= 0.3 is 24.2 Å². The number of halogens is 6. The Morgan fingerprint density at radius 3 is 2.24 bits per heavy atom. The zero-order valence-corrected chi connectivity index (χ0v) is 14.6. The number of carbonyl (C=O) groups is 1. The van der Waals surface area contributed by atoms with Crippen LogP contribution in [0.25, 0.3) is 17.0 Å². The second kappa shape index (κ2) is 8.29. The van der Waals surface area contributed by atoms with Crippen LogP contribution in [0.5, 0.6) is 0 Å². The maximum absolute atomic E-state index is 12.5. The maximum Gasteiger partial charge on any atom is 0.471 e. The molecule has 1 heterocycles. The molecule has 0 radical (unpaired) electrons. The van der Waals surface area contributed by atoms with E-state index in [-0.39, 0.29) is 11.4 Å². The summed E-state index contributed by atoms with van der Waals surface area (Å²) >= 11 is 0. The predicted molar refractivity (Wildman–Crippen MR) is 90.2 cm³/mol. The third-order valence-electron chi connectivity index (χ3n) is 3.42. The zero-order valence-electron chi connectivity index (χ0n) is 14.6. The molecule has 154 valence electrons. The molecule has 0 aliphatic rings. The molecular weight excluding hydrogens is 406 g/mol. The van der Waals surface area contributed by atoms with Crippen LogP contribution in [0.15, 0.2) is 51.8 Å². The number of amides is 1. The van der Waals surface area contributed by atoms with Crippen molar-refractivity contribution in [3.63, 3.8) is 0 Å². The lowest BCUT2D eigenvalue weighted by Crippen LogP contribution is -2.35. The summed E-state index contributed by atoms with van der Waals surface area (Å²) in [5.74, 6) is -4.42. The molecule has 2 rings (SSSR count). The van der Waals surface area contributed by atoms with Gasteiger partial charge in [0.1, 0.15) is 5.82 Å². The molecule has 0 aliphatic heterocycles. The summed E-state index contributed by atoms with van der Waals surface area (Å²) in [5.41, 5.74) is 1.06. The van der Waals surface area contributed by atoms with Crippen LogP contribution in [0.2, 0.25) is 0 Å². The lowest BCUT2D eigenvalue weighted by atomic mass is 10.0. The van der Waals surface area contributed by atoms with Crippen molar-refractivity contribution in [2.45, 2.75) is 19.3 Å². The molecule has 29 heavy (non-hydrogen) atoms. The van der Waals surface area contributed by atoms with Gasteiger partial charge < -0.3 is 9.84 Å². The van der Waals surface area contributed by atoms with Crippen molar-refractivity contribution < 1.29 is 35.7 Å². The molecule has 12 heteroatoms. The average Bonchev–Trinajstić information content (AvgIpc) is 3.15. The first kappa shape index (κ1) is 21.9. The van der Waals surface area contributed by atoms with E-state index in [0.29, 0.717) is 11.1 Å². The van der Waals surface area contributed by atoms with E-state index in [1.807, 2.05) is 0 Å². The van der Waals surface area contributed by atoms with Gasteiger partial charge in [0.2, 0.25) is 5.82 Å². The van der Waals surface area contributed by atoms with Crippen LogP contribution in [0.1, 0.15) is 18.4 Å². The molecule has 0 spiro atoms. The predicted octanol–water partition coefficient (Wildman–Crippen LogP) is 4.38. The summed E-state index contributed by atoms with van der Waals surface area (Å²) < 4.78 is 78.8. The van der Waals surface area contributed by atoms with Crippen molar-refractivity contribution >= 4 is 18.2 Å². The van der Waals surface area contributed by atoms with Gasteiger partial charge in [-0.25, -0.2) is 4.99 Å². The molecule has 0 saturated carbocycles. The van der Waals surface area contributed by atoms with E-state index >= 15 is 0 Å². The Balaban J connectivity index is 2.25. The van der Waals surface area contributed by atoms with Crippen LogP contribution in [0.4, 0.5) is 26.3 Å². The van der Waals surface area contributed by atoms with Crippen LogP contribution < -0.4 is 5.32 Å². The molecule has 6 nitrogen and oxygen atoms in total. The van der Waals surface area contributed by atoms with Crippen molar-refractivity contribution in [3.05, 3.63) is 53.7 Å². The monoisotopic (exact) mass is 418 g/mol. The van der Waals surface area contributed by atoms with Crippen molar-refractivity contribution in [2.75, 3.05) is 0 Å². The molecule has 1 aromatic carbocycles. The summed E-state index contributed by atoms with van der Waals surface area (Å²) in [5, 5.41) is 4.84. The Bertz CT molecular complexity index is 956. The Hall–Kier alpha value is -3.44. The Labute approximate surface area is 159 Å². The molecule has 0 saturated heterocycles. The number of benzene rings is 1. The second-order valence-corrected chi connectivity index (χ2v) is 5.38. The molecule has 1 aromatic heterocycles.